The Morgan fingerprint density at radius 3 is 1.18 bits per heavy atom. The van der Waals surface area contributed by atoms with Crippen LogP contribution in [0.1, 0.15) is 74.7 Å². The Morgan fingerprint density at radius 1 is 0.765 bits per heavy atom. The molecule has 0 bridgehead atoms. The molecule has 0 aromatic heterocycles. The summed E-state index contributed by atoms with van der Waals surface area (Å²) < 4.78 is 0. The van der Waals surface area contributed by atoms with E-state index in [4.69, 9.17) is 0 Å². The first-order valence-electron chi connectivity index (χ1n) is 6.53. The maximum atomic E-state index is 11.1. The summed E-state index contributed by atoms with van der Waals surface area (Å²) >= 11 is 0. The molecule has 0 rings (SSSR count). The second kappa shape index (κ2) is 7.62. The Kier molecular flexibility index (Phi) is 8.39. The summed E-state index contributed by atoms with van der Waals surface area (Å²) in [6, 6.07) is 0. The van der Waals surface area contributed by atoms with E-state index in [2.05, 4.69) is 0 Å². The fourth-order valence-corrected chi connectivity index (χ4v) is 1.13. The molecule has 0 radical (unpaired) electrons. The average molecular weight is 242 g/mol. The Hall–Kier alpha value is -0.660. The van der Waals surface area contributed by atoms with Crippen molar-refractivity contribution < 1.29 is 9.59 Å². The van der Waals surface area contributed by atoms with Crippen LogP contribution in [0.15, 0.2) is 0 Å². The molecule has 0 aromatic rings. The van der Waals surface area contributed by atoms with E-state index >= 15 is 0 Å². The lowest BCUT2D eigenvalue weighted by Crippen LogP contribution is -2.19. The summed E-state index contributed by atoms with van der Waals surface area (Å²) in [5.41, 5.74) is -0.259. The van der Waals surface area contributed by atoms with Crippen molar-refractivity contribution in [3.8, 4) is 0 Å². The van der Waals surface area contributed by atoms with Crippen molar-refractivity contribution >= 4 is 11.6 Å². The molecule has 0 unspecified atom stereocenters. The smallest absolute Gasteiger partial charge is 0.138 e. The largest absolute Gasteiger partial charge is 0.299 e. The van der Waals surface area contributed by atoms with Crippen LogP contribution in [0.3, 0.4) is 0 Å². The van der Waals surface area contributed by atoms with Crippen molar-refractivity contribution in [1.82, 2.24) is 0 Å². The van der Waals surface area contributed by atoms with Crippen molar-refractivity contribution in [1.29, 1.82) is 0 Å². The molecule has 0 N–H and O–H groups in total. The number of carbonyl (C=O) groups is 2. The molecule has 0 heterocycles. The summed E-state index contributed by atoms with van der Waals surface area (Å²) in [6.45, 7) is 15.6. The van der Waals surface area contributed by atoms with Gasteiger partial charge < -0.3 is 0 Å². The highest BCUT2D eigenvalue weighted by Gasteiger charge is 2.19. The molecule has 0 spiro atoms. The Labute approximate surface area is 107 Å². The van der Waals surface area contributed by atoms with Crippen molar-refractivity contribution in [2.24, 2.45) is 10.8 Å². The minimum absolute atomic E-state index is 0.129. The van der Waals surface area contributed by atoms with Crippen LogP contribution in [0.4, 0.5) is 0 Å². The average Bonchev–Trinajstić information content (AvgIpc) is 2.15. The topological polar surface area (TPSA) is 34.1 Å². The van der Waals surface area contributed by atoms with E-state index in [1.807, 2.05) is 55.4 Å². The van der Waals surface area contributed by atoms with Crippen molar-refractivity contribution in [3.63, 3.8) is 0 Å². The molecule has 0 saturated carbocycles. The molecule has 0 amide bonds. The lowest BCUT2D eigenvalue weighted by atomic mass is 9.88. The quantitative estimate of drug-likeness (QED) is 0.734. The molecule has 0 atom stereocenters. The molecule has 2 heteroatoms. The number of hydrogen-bond donors (Lipinski definition) is 0. The third-order valence-electron chi connectivity index (χ3n) is 2.47. The molecular formula is C15H30O2. The highest BCUT2D eigenvalue weighted by Crippen LogP contribution is 2.17. The zero-order valence-electron chi connectivity index (χ0n) is 12.9. The van der Waals surface area contributed by atoms with Crippen molar-refractivity contribution in [2.75, 3.05) is 0 Å². The highest BCUT2D eigenvalue weighted by atomic mass is 16.1. The number of Topliss-reactive ketones (excluding diaryl/α,β-unsaturated/α-hetero) is 2. The zero-order chi connectivity index (χ0) is 14.3. The van der Waals surface area contributed by atoms with Gasteiger partial charge in [-0.05, 0) is 6.42 Å². The van der Waals surface area contributed by atoms with Gasteiger partial charge in [0.25, 0.3) is 0 Å². The van der Waals surface area contributed by atoms with Crippen LogP contribution in [-0.2, 0) is 9.59 Å². The first-order chi connectivity index (χ1) is 7.46. The van der Waals surface area contributed by atoms with Gasteiger partial charge in [-0.2, -0.15) is 0 Å². The van der Waals surface area contributed by atoms with Gasteiger partial charge in [0.2, 0.25) is 0 Å². The predicted octanol–water partition coefficient (Wildman–Crippen LogP) is 4.41. The summed E-state index contributed by atoms with van der Waals surface area (Å²) in [5, 5.41) is 0. The summed E-state index contributed by atoms with van der Waals surface area (Å²) in [4.78, 5) is 21.9. The van der Waals surface area contributed by atoms with Gasteiger partial charge in [0.1, 0.15) is 11.6 Å². The van der Waals surface area contributed by atoms with Gasteiger partial charge in [-0.3, -0.25) is 9.59 Å². The Bertz CT molecular complexity index is 239. The van der Waals surface area contributed by atoms with E-state index in [9.17, 15) is 9.59 Å². The summed E-state index contributed by atoms with van der Waals surface area (Å²) in [5.74, 6) is 0.697. The van der Waals surface area contributed by atoms with Gasteiger partial charge >= 0.3 is 0 Å². The van der Waals surface area contributed by atoms with Crippen LogP contribution in [0.5, 0.6) is 0 Å². The fourth-order valence-electron chi connectivity index (χ4n) is 1.13. The maximum absolute atomic E-state index is 11.1. The van der Waals surface area contributed by atoms with Gasteiger partial charge in [-0.15, -0.1) is 0 Å². The minimum atomic E-state index is -0.130. The molecule has 102 valence electrons. The Morgan fingerprint density at radius 2 is 1.12 bits per heavy atom. The molecule has 0 aliphatic heterocycles. The van der Waals surface area contributed by atoms with E-state index < -0.39 is 0 Å². The van der Waals surface area contributed by atoms with Crippen molar-refractivity contribution in [3.05, 3.63) is 0 Å². The van der Waals surface area contributed by atoms with E-state index in [-0.39, 0.29) is 10.8 Å². The molecule has 0 fully saturated rings. The molecule has 0 aromatic carbocycles. The van der Waals surface area contributed by atoms with E-state index in [0.717, 1.165) is 12.8 Å². The fraction of sp³-hybridized carbons (Fsp3) is 0.867. The number of rotatable bonds is 3. The number of ketones is 2. The molecule has 0 aliphatic rings. The van der Waals surface area contributed by atoms with Crippen LogP contribution in [0.2, 0.25) is 0 Å². The van der Waals surface area contributed by atoms with Crippen LogP contribution in [0.25, 0.3) is 0 Å². The highest BCUT2D eigenvalue weighted by molar-refractivity contribution is 5.83. The summed E-state index contributed by atoms with van der Waals surface area (Å²) in [7, 11) is 0. The van der Waals surface area contributed by atoms with E-state index in [1.54, 1.807) is 0 Å². The first kappa shape index (κ1) is 18.7. The van der Waals surface area contributed by atoms with Gasteiger partial charge in [0.15, 0.2) is 0 Å². The number of hydrogen-bond acceptors (Lipinski definition) is 2. The van der Waals surface area contributed by atoms with Crippen LogP contribution in [0, 0.1) is 10.8 Å². The van der Waals surface area contributed by atoms with Gasteiger partial charge in [0.05, 0.1) is 0 Å². The second-order valence-electron chi connectivity index (χ2n) is 6.45. The monoisotopic (exact) mass is 242 g/mol. The van der Waals surface area contributed by atoms with Gasteiger partial charge in [-0.25, -0.2) is 0 Å². The van der Waals surface area contributed by atoms with Gasteiger partial charge in [-0.1, -0.05) is 55.4 Å². The minimum Gasteiger partial charge on any atom is -0.299 e. The SMILES string of the molecule is CCC(=O)C(C)(C)C.CCCC(=O)C(C)(C)C. The molecular weight excluding hydrogens is 212 g/mol. The lowest BCUT2D eigenvalue weighted by Gasteiger charge is -2.15. The molecule has 17 heavy (non-hydrogen) atoms. The standard InChI is InChI=1S/C8H16O.C7H14O/c1-5-6-7(9)8(2,3)4;1-5-6(8)7(2,3)4/h5-6H2,1-4H3;5H2,1-4H3. The zero-order valence-corrected chi connectivity index (χ0v) is 12.9. The van der Waals surface area contributed by atoms with E-state index in [0.29, 0.717) is 18.0 Å². The normalized spacial score (nSPS) is 11.5. The third kappa shape index (κ3) is 10.2. The predicted molar refractivity (Wildman–Crippen MR) is 74.1 cm³/mol. The van der Waals surface area contributed by atoms with Gasteiger partial charge in [0, 0.05) is 23.7 Å². The summed E-state index contributed by atoms with van der Waals surface area (Å²) in [6.07, 6.45) is 2.35. The number of carbonyl (C=O) groups excluding carboxylic acids is 2. The molecule has 0 aliphatic carbocycles. The lowest BCUT2D eigenvalue weighted by molar-refractivity contribution is -0.126. The third-order valence-corrected chi connectivity index (χ3v) is 2.47. The Balaban J connectivity index is 0. The maximum Gasteiger partial charge on any atom is 0.138 e. The van der Waals surface area contributed by atoms with Crippen LogP contribution >= 0.6 is 0 Å². The molecule has 0 saturated heterocycles. The van der Waals surface area contributed by atoms with E-state index in [1.165, 1.54) is 0 Å². The van der Waals surface area contributed by atoms with Crippen molar-refractivity contribution in [2.45, 2.75) is 74.7 Å². The second-order valence-corrected chi connectivity index (χ2v) is 6.45. The first-order valence-corrected chi connectivity index (χ1v) is 6.53. The molecule has 2 nitrogen and oxygen atoms in total. The van der Waals surface area contributed by atoms with Crippen LogP contribution < -0.4 is 0 Å². The van der Waals surface area contributed by atoms with Crippen LogP contribution in [-0.4, -0.2) is 11.6 Å².